The van der Waals surface area contributed by atoms with E-state index in [1.54, 1.807) is 6.92 Å². The first-order valence-corrected chi connectivity index (χ1v) is 5.24. The maximum atomic E-state index is 11.6. The Morgan fingerprint density at radius 1 is 1.44 bits per heavy atom. The van der Waals surface area contributed by atoms with Crippen molar-refractivity contribution in [3.05, 3.63) is 35.9 Å². The maximum absolute atomic E-state index is 11.6. The molecule has 1 heterocycles. The SMILES string of the molecule is CCOC(=O)C1C=NOC1c1ccccc1. The molecule has 4 heteroatoms. The summed E-state index contributed by atoms with van der Waals surface area (Å²) in [5.41, 5.74) is 0.929. The molecule has 0 bridgehead atoms. The van der Waals surface area contributed by atoms with Gasteiger partial charge in [0, 0.05) is 0 Å². The van der Waals surface area contributed by atoms with Crippen LogP contribution in [0.3, 0.4) is 0 Å². The minimum Gasteiger partial charge on any atom is -0.465 e. The van der Waals surface area contributed by atoms with Crippen LogP contribution < -0.4 is 0 Å². The monoisotopic (exact) mass is 219 g/mol. The molecule has 0 spiro atoms. The Morgan fingerprint density at radius 2 is 2.19 bits per heavy atom. The Kier molecular flexibility index (Phi) is 3.19. The molecule has 2 rings (SSSR count). The highest BCUT2D eigenvalue weighted by atomic mass is 16.6. The molecule has 1 aromatic carbocycles. The third-order valence-electron chi connectivity index (χ3n) is 2.41. The molecular formula is C12H13NO3. The van der Waals surface area contributed by atoms with Crippen molar-refractivity contribution in [1.29, 1.82) is 0 Å². The van der Waals surface area contributed by atoms with Gasteiger partial charge >= 0.3 is 5.97 Å². The van der Waals surface area contributed by atoms with Gasteiger partial charge in [-0.3, -0.25) is 4.79 Å². The zero-order valence-corrected chi connectivity index (χ0v) is 9.00. The Bertz CT molecular complexity index is 389. The van der Waals surface area contributed by atoms with E-state index in [4.69, 9.17) is 9.57 Å². The fraction of sp³-hybridized carbons (Fsp3) is 0.333. The second-order valence-corrected chi connectivity index (χ2v) is 3.47. The summed E-state index contributed by atoms with van der Waals surface area (Å²) >= 11 is 0. The normalized spacial score (nSPS) is 22.8. The minimum absolute atomic E-state index is 0.294. The van der Waals surface area contributed by atoms with Gasteiger partial charge in [-0.25, -0.2) is 0 Å². The van der Waals surface area contributed by atoms with E-state index in [0.717, 1.165) is 5.56 Å². The Labute approximate surface area is 93.9 Å². The largest absolute Gasteiger partial charge is 0.465 e. The molecule has 1 aliphatic heterocycles. The zero-order chi connectivity index (χ0) is 11.4. The van der Waals surface area contributed by atoms with Crippen molar-refractivity contribution in [2.24, 2.45) is 11.1 Å². The number of hydrogen-bond acceptors (Lipinski definition) is 4. The van der Waals surface area contributed by atoms with Crippen LogP contribution in [0.1, 0.15) is 18.6 Å². The molecule has 0 saturated heterocycles. The van der Waals surface area contributed by atoms with Crippen molar-refractivity contribution >= 4 is 12.2 Å². The van der Waals surface area contributed by atoms with Crippen LogP contribution in [0.5, 0.6) is 0 Å². The van der Waals surface area contributed by atoms with Gasteiger partial charge in [0.05, 0.1) is 12.8 Å². The Balaban J connectivity index is 2.14. The van der Waals surface area contributed by atoms with E-state index in [-0.39, 0.29) is 12.1 Å². The van der Waals surface area contributed by atoms with Crippen LogP contribution in [0.25, 0.3) is 0 Å². The summed E-state index contributed by atoms with van der Waals surface area (Å²) in [5.74, 6) is -0.736. The molecule has 0 N–H and O–H groups in total. The van der Waals surface area contributed by atoms with Crippen molar-refractivity contribution in [2.75, 3.05) is 6.61 Å². The summed E-state index contributed by atoms with van der Waals surface area (Å²) in [6, 6.07) is 9.54. The second-order valence-electron chi connectivity index (χ2n) is 3.47. The van der Waals surface area contributed by atoms with Crippen molar-refractivity contribution < 1.29 is 14.4 Å². The number of hydrogen-bond donors (Lipinski definition) is 0. The van der Waals surface area contributed by atoms with Gasteiger partial charge in [-0.1, -0.05) is 35.5 Å². The molecule has 1 aromatic rings. The van der Waals surface area contributed by atoms with Crippen LogP contribution >= 0.6 is 0 Å². The number of carbonyl (C=O) groups excluding carboxylic acids is 1. The van der Waals surface area contributed by atoms with E-state index in [0.29, 0.717) is 6.61 Å². The lowest BCUT2D eigenvalue weighted by molar-refractivity contribution is -0.148. The summed E-state index contributed by atoms with van der Waals surface area (Å²) in [6.45, 7) is 2.15. The summed E-state index contributed by atoms with van der Waals surface area (Å²) in [6.07, 6.45) is 1.13. The van der Waals surface area contributed by atoms with Gasteiger partial charge < -0.3 is 9.57 Å². The molecular weight excluding hydrogens is 206 g/mol. The number of oxime groups is 1. The fourth-order valence-corrected chi connectivity index (χ4v) is 1.64. The molecule has 84 valence electrons. The zero-order valence-electron chi connectivity index (χ0n) is 9.00. The molecule has 0 fully saturated rings. The average Bonchev–Trinajstić information content (AvgIpc) is 2.79. The van der Waals surface area contributed by atoms with E-state index in [2.05, 4.69) is 5.16 Å². The molecule has 0 aromatic heterocycles. The highest BCUT2D eigenvalue weighted by molar-refractivity contribution is 5.91. The number of rotatable bonds is 3. The van der Waals surface area contributed by atoms with E-state index in [9.17, 15) is 4.79 Å². The first kappa shape index (κ1) is 10.7. The lowest BCUT2D eigenvalue weighted by Crippen LogP contribution is -2.23. The van der Waals surface area contributed by atoms with Crippen molar-refractivity contribution in [2.45, 2.75) is 13.0 Å². The topological polar surface area (TPSA) is 47.9 Å². The second kappa shape index (κ2) is 4.79. The highest BCUT2D eigenvalue weighted by Gasteiger charge is 2.35. The number of carbonyl (C=O) groups is 1. The quantitative estimate of drug-likeness (QED) is 0.730. The number of ether oxygens (including phenoxy) is 1. The molecule has 16 heavy (non-hydrogen) atoms. The molecule has 2 unspecified atom stereocenters. The number of benzene rings is 1. The van der Waals surface area contributed by atoms with Gasteiger partial charge in [0.2, 0.25) is 0 Å². The van der Waals surface area contributed by atoms with Gasteiger partial charge in [0.1, 0.15) is 5.92 Å². The lowest BCUT2D eigenvalue weighted by atomic mass is 9.97. The van der Waals surface area contributed by atoms with Crippen LogP contribution in [0, 0.1) is 5.92 Å². The Hall–Kier alpha value is -1.84. The van der Waals surface area contributed by atoms with E-state index >= 15 is 0 Å². The molecule has 1 aliphatic rings. The van der Waals surface area contributed by atoms with E-state index in [1.807, 2.05) is 30.3 Å². The maximum Gasteiger partial charge on any atom is 0.318 e. The average molecular weight is 219 g/mol. The van der Waals surface area contributed by atoms with Crippen LogP contribution in [0.15, 0.2) is 35.5 Å². The van der Waals surface area contributed by atoms with Gasteiger partial charge in [-0.2, -0.15) is 0 Å². The van der Waals surface area contributed by atoms with Gasteiger partial charge in [-0.15, -0.1) is 0 Å². The highest BCUT2D eigenvalue weighted by Crippen LogP contribution is 2.30. The number of nitrogens with zero attached hydrogens (tertiary/aromatic N) is 1. The first-order chi connectivity index (χ1) is 7.83. The predicted molar refractivity (Wildman–Crippen MR) is 58.9 cm³/mol. The summed E-state index contributed by atoms with van der Waals surface area (Å²) < 4.78 is 4.97. The molecule has 2 atom stereocenters. The molecule has 4 nitrogen and oxygen atoms in total. The van der Waals surface area contributed by atoms with Crippen LogP contribution in [-0.2, 0) is 14.4 Å². The van der Waals surface area contributed by atoms with E-state index in [1.165, 1.54) is 6.21 Å². The van der Waals surface area contributed by atoms with Crippen LogP contribution in [0.2, 0.25) is 0 Å². The molecule has 0 radical (unpaired) electrons. The third kappa shape index (κ3) is 2.05. The molecule has 0 aliphatic carbocycles. The van der Waals surface area contributed by atoms with Crippen LogP contribution in [-0.4, -0.2) is 18.8 Å². The lowest BCUT2D eigenvalue weighted by Gasteiger charge is -2.15. The minimum atomic E-state index is -0.442. The Morgan fingerprint density at radius 3 is 2.88 bits per heavy atom. The summed E-state index contributed by atoms with van der Waals surface area (Å²) in [7, 11) is 0. The van der Waals surface area contributed by atoms with Crippen molar-refractivity contribution in [3.63, 3.8) is 0 Å². The molecule has 0 saturated carbocycles. The van der Waals surface area contributed by atoms with E-state index < -0.39 is 5.92 Å². The van der Waals surface area contributed by atoms with Crippen molar-refractivity contribution in [3.8, 4) is 0 Å². The fourth-order valence-electron chi connectivity index (χ4n) is 1.64. The smallest absolute Gasteiger partial charge is 0.318 e. The van der Waals surface area contributed by atoms with Gasteiger partial charge in [0.15, 0.2) is 6.10 Å². The predicted octanol–water partition coefficient (Wildman–Crippen LogP) is 1.92. The molecule has 0 amide bonds. The third-order valence-corrected chi connectivity index (χ3v) is 2.41. The summed E-state index contributed by atoms with van der Waals surface area (Å²) in [5, 5.41) is 3.70. The van der Waals surface area contributed by atoms with Gasteiger partial charge in [-0.05, 0) is 12.5 Å². The van der Waals surface area contributed by atoms with Gasteiger partial charge in [0.25, 0.3) is 0 Å². The van der Waals surface area contributed by atoms with Crippen LogP contribution in [0.4, 0.5) is 0 Å². The standard InChI is InChI=1S/C12H13NO3/c1-2-15-12(14)10-8-13-16-11(10)9-6-4-3-5-7-9/h3-8,10-11H,2H2,1H3. The summed E-state index contributed by atoms with van der Waals surface area (Å²) in [4.78, 5) is 16.8. The van der Waals surface area contributed by atoms with Crippen molar-refractivity contribution in [1.82, 2.24) is 0 Å². The first-order valence-electron chi connectivity index (χ1n) is 5.24. The number of esters is 1.